The van der Waals surface area contributed by atoms with Gasteiger partial charge in [0.05, 0.1) is 18.6 Å². The largest absolute Gasteiger partial charge is 0.426 e. The second-order valence-electron chi connectivity index (χ2n) is 7.46. The van der Waals surface area contributed by atoms with Crippen molar-refractivity contribution in [3.05, 3.63) is 83.1 Å². The molecule has 2 unspecified atom stereocenters. The van der Waals surface area contributed by atoms with E-state index in [0.29, 0.717) is 18.8 Å². The Morgan fingerprint density at radius 1 is 1.03 bits per heavy atom. The molecule has 2 aromatic carbocycles. The third kappa shape index (κ3) is 4.35. The number of rotatable bonds is 6. The number of benzene rings is 2. The normalized spacial score (nSPS) is 20.9. The Balaban J connectivity index is 1.57. The Morgan fingerprint density at radius 2 is 1.72 bits per heavy atom. The van der Waals surface area contributed by atoms with Crippen molar-refractivity contribution >= 4 is 17.3 Å². The molecule has 0 saturated carbocycles. The fraction of sp³-hybridized carbons (Fsp3) is 0.292. The van der Waals surface area contributed by atoms with Crippen molar-refractivity contribution in [2.45, 2.75) is 32.0 Å². The highest BCUT2D eigenvalue weighted by molar-refractivity contribution is 5.78. The fourth-order valence-corrected chi connectivity index (χ4v) is 3.81. The summed E-state index contributed by atoms with van der Waals surface area (Å²) < 4.78 is 12.0. The molecule has 1 fully saturated rings. The first-order chi connectivity index (χ1) is 14.1. The number of nitrogens with two attached hydrogens (primary N) is 1. The first kappa shape index (κ1) is 19.3. The minimum absolute atomic E-state index is 0.227. The minimum Gasteiger partial charge on any atom is -0.426 e. The third-order valence-electron chi connectivity index (χ3n) is 5.44. The van der Waals surface area contributed by atoms with E-state index >= 15 is 0 Å². The quantitative estimate of drug-likeness (QED) is 0.571. The number of carbonyl (C=O) groups is 1. The molecule has 2 aromatic rings. The molecular weight excluding hydrogens is 364 g/mol. The standard InChI is InChI=1S/C24H26N2O3/c1-26-19-12-8-16(9-13-19)14-21-23(28-15-17-6-10-18(25)11-7-17)20-4-2-3-5-22(20)29-24(21)27/h4-13,21,23,26H,2-3,14-15,25H2,1H3. The Hall–Kier alpha value is -3.05. The van der Waals surface area contributed by atoms with Gasteiger partial charge >= 0.3 is 5.97 Å². The highest BCUT2D eigenvalue weighted by atomic mass is 16.6. The maximum Gasteiger partial charge on any atom is 0.317 e. The monoisotopic (exact) mass is 390 g/mol. The third-order valence-corrected chi connectivity index (χ3v) is 5.44. The molecule has 0 bridgehead atoms. The van der Waals surface area contributed by atoms with Crippen molar-refractivity contribution in [2.24, 2.45) is 5.92 Å². The van der Waals surface area contributed by atoms with Gasteiger partial charge in [-0.05, 0) is 60.7 Å². The number of anilines is 2. The Labute approximate surface area is 171 Å². The van der Waals surface area contributed by atoms with Crippen LogP contribution in [-0.2, 0) is 27.3 Å². The van der Waals surface area contributed by atoms with Crippen LogP contribution in [0.2, 0.25) is 0 Å². The van der Waals surface area contributed by atoms with Gasteiger partial charge in [-0.1, -0.05) is 30.3 Å². The van der Waals surface area contributed by atoms with E-state index in [0.717, 1.165) is 40.9 Å². The van der Waals surface area contributed by atoms with Crippen LogP contribution in [0.25, 0.3) is 0 Å². The highest BCUT2D eigenvalue weighted by Gasteiger charge is 2.41. The summed E-state index contributed by atoms with van der Waals surface area (Å²) in [5, 5.41) is 3.11. The first-order valence-electron chi connectivity index (χ1n) is 9.99. The van der Waals surface area contributed by atoms with Crippen LogP contribution in [0.15, 0.2) is 72.0 Å². The van der Waals surface area contributed by atoms with Crippen LogP contribution >= 0.6 is 0 Å². The summed E-state index contributed by atoms with van der Waals surface area (Å²) in [6.45, 7) is 0.415. The van der Waals surface area contributed by atoms with Crippen LogP contribution in [-0.4, -0.2) is 19.1 Å². The second kappa shape index (κ2) is 8.53. The van der Waals surface area contributed by atoms with E-state index in [1.807, 2.05) is 61.7 Å². The van der Waals surface area contributed by atoms with Gasteiger partial charge in [-0.3, -0.25) is 4.79 Å². The van der Waals surface area contributed by atoms with Crippen molar-refractivity contribution in [3.8, 4) is 0 Å². The summed E-state index contributed by atoms with van der Waals surface area (Å²) >= 11 is 0. The number of fused-ring (bicyclic) bond motifs is 1. The van der Waals surface area contributed by atoms with Crippen LogP contribution < -0.4 is 11.1 Å². The summed E-state index contributed by atoms with van der Waals surface area (Å²) in [7, 11) is 1.89. The molecule has 1 saturated heterocycles. The van der Waals surface area contributed by atoms with E-state index in [-0.39, 0.29) is 18.0 Å². The molecule has 1 heterocycles. The van der Waals surface area contributed by atoms with Gasteiger partial charge in [0, 0.05) is 24.0 Å². The Bertz CT molecular complexity index is 930. The number of allylic oxidation sites excluding steroid dienone is 2. The molecule has 1 aliphatic heterocycles. The van der Waals surface area contributed by atoms with Gasteiger partial charge < -0.3 is 20.5 Å². The Kier molecular flexibility index (Phi) is 5.67. The van der Waals surface area contributed by atoms with Crippen molar-refractivity contribution in [1.82, 2.24) is 0 Å². The molecule has 2 atom stereocenters. The number of carbonyl (C=O) groups excluding carboxylic acids is 1. The molecule has 1 aliphatic carbocycles. The van der Waals surface area contributed by atoms with E-state index in [2.05, 4.69) is 11.4 Å². The molecule has 0 amide bonds. The second-order valence-corrected chi connectivity index (χ2v) is 7.46. The molecular formula is C24H26N2O3. The minimum atomic E-state index is -0.384. The smallest absolute Gasteiger partial charge is 0.317 e. The predicted octanol–water partition coefficient (Wildman–Crippen LogP) is 4.22. The van der Waals surface area contributed by atoms with E-state index in [4.69, 9.17) is 15.2 Å². The van der Waals surface area contributed by atoms with Crippen LogP contribution in [0, 0.1) is 5.92 Å². The van der Waals surface area contributed by atoms with Crippen LogP contribution in [0.1, 0.15) is 24.0 Å². The van der Waals surface area contributed by atoms with Crippen molar-refractivity contribution in [2.75, 3.05) is 18.1 Å². The molecule has 0 aromatic heterocycles. The van der Waals surface area contributed by atoms with Crippen molar-refractivity contribution in [1.29, 1.82) is 0 Å². The topological polar surface area (TPSA) is 73.6 Å². The van der Waals surface area contributed by atoms with Crippen molar-refractivity contribution in [3.63, 3.8) is 0 Å². The molecule has 2 aliphatic rings. The van der Waals surface area contributed by atoms with Crippen LogP contribution in [0.3, 0.4) is 0 Å². The van der Waals surface area contributed by atoms with E-state index in [1.54, 1.807) is 0 Å². The zero-order chi connectivity index (χ0) is 20.2. The zero-order valence-corrected chi connectivity index (χ0v) is 16.6. The average Bonchev–Trinajstić information content (AvgIpc) is 2.75. The number of hydrogen-bond acceptors (Lipinski definition) is 5. The molecule has 4 rings (SSSR count). The lowest BCUT2D eigenvalue weighted by Crippen LogP contribution is -2.41. The molecule has 29 heavy (non-hydrogen) atoms. The number of nitrogen functional groups attached to an aromatic ring is 1. The maximum absolute atomic E-state index is 12.8. The van der Waals surface area contributed by atoms with Crippen LogP contribution in [0.5, 0.6) is 0 Å². The van der Waals surface area contributed by atoms with Gasteiger partial charge in [0.1, 0.15) is 5.76 Å². The van der Waals surface area contributed by atoms with Crippen LogP contribution in [0.4, 0.5) is 11.4 Å². The Morgan fingerprint density at radius 3 is 2.45 bits per heavy atom. The average molecular weight is 390 g/mol. The highest BCUT2D eigenvalue weighted by Crippen LogP contribution is 2.36. The lowest BCUT2D eigenvalue weighted by Gasteiger charge is -2.35. The van der Waals surface area contributed by atoms with Gasteiger partial charge in [-0.2, -0.15) is 0 Å². The number of hydrogen-bond donors (Lipinski definition) is 2. The van der Waals surface area contributed by atoms with Crippen molar-refractivity contribution < 1.29 is 14.3 Å². The van der Waals surface area contributed by atoms with Gasteiger partial charge in [-0.25, -0.2) is 0 Å². The maximum atomic E-state index is 12.8. The van der Waals surface area contributed by atoms with E-state index in [9.17, 15) is 4.79 Å². The van der Waals surface area contributed by atoms with E-state index < -0.39 is 0 Å². The number of ether oxygens (including phenoxy) is 2. The predicted molar refractivity (Wildman–Crippen MR) is 114 cm³/mol. The van der Waals surface area contributed by atoms with Gasteiger partial charge in [0.25, 0.3) is 0 Å². The summed E-state index contributed by atoms with van der Waals surface area (Å²) in [6, 6.07) is 15.7. The zero-order valence-electron chi connectivity index (χ0n) is 16.6. The van der Waals surface area contributed by atoms with Gasteiger partial charge in [0.15, 0.2) is 0 Å². The number of nitrogens with one attached hydrogen (secondary N) is 1. The molecule has 0 radical (unpaired) electrons. The van der Waals surface area contributed by atoms with Gasteiger partial charge in [-0.15, -0.1) is 0 Å². The van der Waals surface area contributed by atoms with E-state index in [1.165, 1.54) is 0 Å². The fourth-order valence-electron chi connectivity index (χ4n) is 3.81. The number of esters is 1. The lowest BCUT2D eigenvalue weighted by atomic mass is 9.84. The molecule has 5 nitrogen and oxygen atoms in total. The molecule has 150 valence electrons. The SMILES string of the molecule is CNc1ccc(CC2C(=O)OC3=CCCC=C3C2OCc2ccc(N)cc2)cc1. The summed E-state index contributed by atoms with van der Waals surface area (Å²) in [5.41, 5.74) is 10.6. The van der Waals surface area contributed by atoms with Gasteiger partial charge in [0.2, 0.25) is 0 Å². The molecule has 0 spiro atoms. The summed E-state index contributed by atoms with van der Waals surface area (Å²) in [5.74, 6) is 0.0475. The molecule has 5 heteroatoms. The first-order valence-corrected chi connectivity index (χ1v) is 9.99. The summed E-state index contributed by atoms with van der Waals surface area (Å²) in [6.07, 6.45) is 6.19. The lowest BCUT2D eigenvalue weighted by molar-refractivity contribution is -0.153. The molecule has 3 N–H and O–H groups in total. The summed E-state index contributed by atoms with van der Waals surface area (Å²) in [4.78, 5) is 12.8.